The Bertz CT molecular complexity index is 300. The van der Waals surface area contributed by atoms with Crippen molar-refractivity contribution in [1.29, 1.82) is 0 Å². The van der Waals surface area contributed by atoms with E-state index in [1.807, 2.05) is 13.8 Å². The highest BCUT2D eigenvalue weighted by Crippen LogP contribution is 2.15. The molecule has 1 heterocycles. The second kappa shape index (κ2) is 5.10. The van der Waals surface area contributed by atoms with E-state index in [1.54, 1.807) is 0 Å². The minimum atomic E-state index is -0.0420. The molecule has 78 valence electrons. The van der Waals surface area contributed by atoms with Crippen molar-refractivity contribution in [2.45, 2.75) is 33.6 Å². The highest BCUT2D eigenvalue weighted by molar-refractivity contribution is 7.13. The number of amides is 1. The van der Waals surface area contributed by atoms with Gasteiger partial charge in [-0.2, -0.15) is 0 Å². The van der Waals surface area contributed by atoms with Gasteiger partial charge in [0.15, 0.2) is 5.01 Å². The molecule has 0 radical (unpaired) electrons. The fraction of sp³-hybridized carbons (Fsp3) is 0.600. The van der Waals surface area contributed by atoms with Crippen LogP contribution in [-0.2, 0) is 0 Å². The fourth-order valence-corrected chi connectivity index (χ4v) is 1.85. The van der Waals surface area contributed by atoms with Gasteiger partial charge in [0.1, 0.15) is 0 Å². The van der Waals surface area contributed by atoms with Gasteiger partial charge in [-0.25, -0.2) is 4.98 Å². The molecule has 0 aliphatic heterocycles. The third-order valence-corrected chi connectivity index (χ3v) is 3.11. The second-order valence-corrected chi connectivity index (χ2v) is 4.47. The van der Waals surface area contributed by atoms with E-state index in [4.69, 9.17) is 0 Å². The van der Waals surface area contributed by atoms with Gasteiger partial charge in [0.05, 0.1) is 5.69 Å². The molecule has 0 spiro atoms. The SMILES string of the molecule is CCCCNC(=O)c1nc(C)c(C)s1. The Morgan fingerprint density at radius 2 is 2.21 bits per heavy atom. The van der Waals surface area contributed by atoms with Gasteiger partial charge in [-0.15, -0.1) is 11.3 Å². The van der Waals surface area contributed by atoms with Crippen molar-refractivity contribution < 1.29 is 4.79 Å². The lowest BCUT2D eigenvalue weighted by atomic mass is 10.3. The van der Waals surface area contributed by atoms with E-state index in [2.05, 4.69) is 17.2 Å². The molecule has 0 saturated carbocycles. The van der Waals surface area contributed by atoms with Gasteiger partial charge in [0, 0.05) is 11.4 Å². The molecular weight excluding hydrogens is 196 g/mol. The first-order valence-electron chi connectivity index (χ1n) is 4.87. The predicted molar refractivity (Wildman–Crippen MR) is 58.8 cm³/mol. The molecule has 0 saturated heterocycles. The lowest BCUT2D eigenvalue weighted by molar-refractivity contribution is 0.0952. The number of nitrogens with zero attached hydrogens (tertiary/aromatic N) is 1. The molecule has 1 amide bonds. The third kappa shape index (κ3) is 2.80. The van der Waals surface area contributed by atoms with Crippen LogP contribution in [-0.4, -0.2) is 17.4 Å². The number of unbranched alkanes of at least 4 members (excludes halogenated alkanes) is 1. The van der Waals surface area contributed by atoms with Gasteiger partial charge < -0.3 is 5.32 Å². The van der Waals surface area contributed by atoms with E-state index in [9.17, 15) is 4.79 Å². The van der Waals surface area contributed by atoms with E-state index in [0.29, 0.717) is 5.01 Å². The van der Waals surface area contributed by atoms with Crippen LogP contribution in [0, 0.1) is 13.8 Å². The molecule has 0 aromatic carbocycles. The lowest BCUT2D eigenvalue weighted by Gasteiger charge is -1.99. The van der Waals surface area contributed by atoms with Crippen LogP contribution in [0.5, 0.6) is 0 Å². The molecule has 0 aliphatic carbocycles. The summed E-state index contributed by atoms with van der Waals surface area (Å²) in [5, 5.41) is 3.43. The van der Waals surface area contributed by atoms with Crippen LogP contribution in [0.4, 0.5) is 0 Å². The lowest BCUT2D eigenvalue weighted by Crippen LogP contribution is -2.24. The zero-order valence-corrected chi connectivity index (χ0v) is 9.70. The van der Waals surface area contributed by atoms with Gasteiger partial charge in [-0.05, 0) is 20.3 Å². The van der Waals surface area contributed by atoms with Gasteiger partial charge >= 0.3 is 0 Å². The molecular formula is C10H16N2OS. The van der Waals surface area contributed by atoms with E-state index in [1.165, 1.54) is 11.3 Å². The van der Waals surface area contributed by atoms with Crippen LogP contribution in [0.25, 0.3) is 0 Å². The molecule has 14 heavy (non-hydrogen) atoms. The normalized spacial score (nSPS) is 10.2. The van der Waals surface area contributed by atoms with Crippen molar-refractivity contribution in [1.82, 2.24) is 10.3 Å². The summed E-state index contributed by atoms with van der Waals surface area (Å²) < 4.78 is 0. The first kappa shape index (κ1) is 11.2. The first-order chi connectivity index (χ1) is 6.65. The van der Waals surface area contributed by atoms with E-state index in [-0.39, 0.29) is 5.91 Å². The minimum absolute atomic E-state index is 0.0420. The molecule has 1 rings (SSSR count). The molecule has 0 fully saturated rings. The maximum atomic E-state index is 11.5. The predicted octanol–water partition coefficient (Wildman–Crippen LogP) is 2.29. The Labute approximate surface area is 88.6 Å². The summed E-state index contributed by atoms with van der Waals surface area (Å²) in [5.74, 6) is -0.0420. The summed E-state index contributed by atoms with van der Waals surface area (Å²) in [6.45, 7) is 6.75. The molecule has 0 unspecified atom stereocenters. The number of aryl methyl sites for hydroxylation is 2. The van der Waals surface area contributed by atoms with Gasteiger partial charge in [-0.1, -0.05) is 13.3 Å². The van der Waals surface area contributed by atoms with Crippen LogP contribution < -0.4 is 5.32 Å². The van der Waals surface area contributed by atoms with Crippen LogP contribution in [0.15, 0.2) is 0 Å². The maximum Gasteiger partial charge on any atom is 0.280 e. The topological polar surface area (TPSA) is 42.0 Å². The molecule has 4 heteroatoms. The number of rotatable bonds is 4. The number of thiazole rings is 1. The van der Waals surface area contributed by atoms with Gasteiger partial charge in [-0.3, -0.25) is 4.79 Å². The maximum absolute atomic E-state index is 11.5. The number of aromatic nitrogens is 1. The second-order valence-electron chi connectivity index (χ2n) is 3.27. The Hall–Kier alpha value is -0.900. The van der Waals surface area contributed by atoms with Gasteiger partial charge in [0.25, 0.3) is 5.91 Å². The largest absolute Gasteiger partial charge is 0.350 e. The summed E-state index contributed by atoms with van der Waals surface area (Å²) in [7, 11) is 0. The summed E-state index contributed by atoms with van der Waals surface area (Å²) in [6.07, 6.45) is 2.12. The van der Waals surface area contributed by atoms with Crippen molar-refractivity contribution in [2.24, 2.45) is 0 Å². The van der Waals surface area contributed by atoms with Gasteiger partial charge in [0.2, 0.25) is 0 Å². The quantitative estimate of drug-likeness (QED) is 0.778. The first-order valence-corrected chi connectivity index (χ1v) is 5.69. The number of carbonyl (C=O) groups is 1. The van der Waals surface area contributed by atoms with E-state index in [0.717, 1.165) is 30.0 Å². The van der Waals surface area contributed by atoms with Crippen LogP contribution in [0.3, 0.4) is 0 Å². The molecule has 0 atom stereocenters. The molecule has 1 aromatic heterocycles. The van der Waals surface area contributed by atoms with E-state index >= 15 is 0 Å². The summed E-state index contributed by atoms with van der Waals surface area (Å²) in [6, 6.07) is 0. The summed E-state index contributed by atoms with van der Waals surface area (Å²) in [4.78, 5) is 16.8. The summed E-state index contributed by atoms with van der Waals surface area (Å²) in [5.41, 5.74) is 0.954. The molecule has 3 nitrogen and oxygen atoms in total. The Kier molecular flexibility index (Phi) is 4.07. The highest BCUT2D eigenvalue weighted by atomic mass is 32.1. The number of hydrogen-bond donors (Lipinski definition) is 1. The average Bonchev–Trinajstić information content (AvgIpc) is 2.47. The van der Waals surface area contributed by atoms with Crippen LogP contribution in [0.1, 0.15) is 40.1 Å². The zero-order valence-electron chi connectivity index (χ0n) is 8.89. The Morgan fingerprint density at radius 3 is 2.71 bits per heavy atom. The fourth-order valence-electron chi connectivity index (χ4n) is 1.02. The number of hydrogen-bond acceptors (Lipinski definition) is 3. The number of nitrogens with one attached hydrogen (secondary N) is 1. The smallest absolute Gasteiger partial charge is 0.280 e. The monoisotopic (exact) mass is 212 g/mol. The molecule has 0 bridgehead atoms. The van der Waals surface area contributed by atoms with Crippen molar-refractivity contribution >= 4 is 17.2 Å². The van der Waals surface area contributed by atoms with Crippen molar-refractivity contribution in [3.05, 3.63) is 15.6 Å². The summed E-state index contributed by atoms with van der Waals surface area (Å²) >= 11 is 1.46. The Morgan fingerprint density at radius 1 is 1.50 bits per heavy atom. The van der Waals surface area contributed by atoms with Crippen molar-refractivity contribution in [2.75, 3.05) is 6.54 Å². The van der Waals surface area contributed by atoms with Crippen molar-refractivity contribution in [3.8, 4) is 0 Å². The molecule has 1 N–H and O–H groups in total. The number of carbonyl (C=O) groups excluding carboxylic acids is 1. The third-order valence-electron chi connectivity index (χ3n) is 2.04. The average molecular weight is 212 g/mol. The van der Waals surface area contributed by atoms with Crippen LogP contribution >= 0.6 is 11.3 Å². The zero-order chi connectivity index (χ0) is 10.6. The van der Waals surface area contributed by atoms with E-state index < -0.39 is 0 Å². The van der Waals surface area contributed by atoms with Crippen molar-refractivity contribution in [3.63, 3.8) is 0 Å². The molecule has 1 aromatic rings. The molecule has 0 aliphatic rings. The standard InChI is InChI=1S/C10H16N2OS/c1-4-5-6-11-9(13)10-12-7(2)8(3)14-10/h4-6H2,1-3H3,(H,11,13). The minimum Gasteiger partial charge on any atom is -0.350 e. The van der Waals surface area contributed by atoms with Crippen LogP contribution in [0.2, 0.25) is 0 Å². The Balaban J connectivity index is 2.52. The highest BCUT2D eigenvalue weighted by Gasteiger charge is 2.10.